The van der Waals surface area contributed by atoms with Crippen molar-refractivity contribution in [1.82, 2.24) is 19.7 Å². The number of hydrogen-bond acceptors (Lipinski definition) is 3. The van der Waals surface area contributed by atoms with Crippen LogP contribution in [-0.4, -0.2) is 32.3 Å². The fourth-order valence-corrected chi connectivity index (χ4v) is 2.27. The molecule has 1 aliphatic rings. The summed E-state index contributed by atoms with van der Waals surface area (Å²) in [6, 6.07) is -0.481. The molecular formula is C13H15F5N4. The molecule has 0 saturated heterocycles. The second-order valence-corrected chi connectivity index (χ2v) is 4.95. The van der Waals surface area contributed by atoms with Gasteiger partial charge in [0.15, 0.2) is 11.7 Å². The number of halogens is 5. The third kappa shape index (κ3) is 3.34. The molecule has 0 aromatic carbocycles. The Hall–Kier alpha value is -1.77. The summed E-state index contributed by atoms with van der Waals surface area (Å²) in [5, 5.41) is 6.71. The van der Waals surface area contributed by atoms with Gasteiger partial charge in [-0.05, 0) is 26.0 Å². The first-order valence-corrected chi connectivity index (χ1v) is 6.67. The van der Waals surface area contributed by atoms with Crippen molar-refractivity contribution < 1.29 is 22.0 Å². The topological polar surface area (TPSA) is 34.0 Å². The summed E-state index contributed by atoms with van der Waals surface area (Å²) in [4.78, 5) is 1.70. The molecular weight excluding hydrogens is 307 g/mol. The van der Waals surface area contributed by atoms with Crippen LogP contribution >= 0.6 is 0 Å². The predicted molar refractivity (Wildman–Crippen MR) is 69.0 cm³/mol. The molecule has 0 bridgehead atoms. The molecule has 0 radical (unpaired) electrons. The summed E-state index contributed by atoms with van der Waals surface area (Å²) in [5.41, 5.74) is 0. The minimum Gasteiger partial charge on any atom is -0.305 e. The first-order chi connectivity index (χ1) is 10.2. The molecule has 1 aromatic rings. The van der Waals surface area contributed by atoms with E-state index in [2.05, 4.69) is 10.2 Å². The van der Waals surface area contributed by atoms with Crippen molar-refractivity contribution in [3.8, 4) is 0 Å². The van der Waals surface area contributed by atoms with Gasteiger partial charge in [-0.1, -0.05) is 0 Å². The van der Waals surface area contributed by atoms with Crippen LogP contribution in [-0.2, 0) is 19.3 Å². The second kappa shape index (κ2) is 6.15. The Morgan fingerprint density at radius 3 is 2.45 bits per heavy atom. The third-order valence-electron chi connectivity index (χ3n) is 3.48. The molecule has 122 valence electrons. The van der Waals surface area contributed by atoms with Crippen LogP contribution < -0.4 is 0 Å². The highest BCUT2D eigenvalue weighted by Gasteiger charge is 2.39. The van der Waals surface area contributed by atoms with Gasteiger partial charge in [-0.3, -0.25) is 4.90 Å². The van der Waals surface area contributed by atoms with Crippen LogP contribution in [0.25, 0.3) is 0 Å². The summed E-state index contributed by atoms with van der Waals surface area (Å²) in [7, 11) is 0. The molecule has 0 spiro atoms. The number of aromatic nitrogens is 3. The van der Waals surface area contributed by atoms with Gasteiger partial charge in [0.25, 0.3) is 0 Å². The summed E-state index contributed by atoms with van der Waals surface area (Å²) in [5.74, 6) is -2.83. The number of hydrogen-bond donors (Lipinski definition) is 0. The standard InChI is InChI=1S/C13H15F5N4/c1-3-9(14)10(15)6-8(2)21-4-5-22-11(7-21)19-20-12(22)13(16,17)18/h3,6,8H,4-5,7H2,1-2H3/b9-3+,10-6+. The second-order valence-electron chi connectivity index (χ2n) is 4.95. The van der Waals surface area contributed by atoms with E-state index in [0.717, 1.165) is 16.7 Å². The molecule has 22 heavy (non-hydrogen) atoms. The van der Waals surface area contributed by atoms with Gasteiger partial charge in [0.05, 0.1) is 6.54 Å². The Labute approximate surface area is 123 Å². The zero-order valence-electron chi connectivity index (χ0n) is 12.0. The van der Waals surface area contributed by atoms with Gasteiger partial charge in [0, 0.05) is 19.1 Å². The van der Waals surface area contributed by atoms with Gasteiger partial charge >= 0.3 is 6.18 Å². The zero-order valence-corrected chi connectivity index (χ0v) is 12.0. The van der Waals surface area contributed by atoms with Gasteiger partial charge in [-0.2, -0.15) is 13.2 Å². The first-order valence-electron chi connectivity index (χ1n) is 6.67. The number of fused-ring (bicyclic) bond motifs is 1. The van der Waals surface area contributed by atoms with Gasteiger partial charge < -0.3 is 4.57 Å². The van der Waals surface area contributed by atoms with E-state index in [0.29, 0.717) is 0 Å². The zero-order chi connectivity index (χ0) is 16.5. The Morgan fingerprint density at radius 1 is 1.18 bits per heavy atom. The third-order valence-corrected chi connectivity index (χ3v) is 3.48. The van der Waals surface area contributed by atoms with E-state index in [1.807, 2.05) is 0 Å². The van der Waals surface area contributed by atoms with Gasteiger partial charge in [0.1, 0.15) is 5.82 Å². The Bertz CT molecular complexity index is 602. The molecule has 0 aliphatic carbocycles. The van der Waals surface area contributed by atoms with E-state index in [4.69, 9.17) is 0 Å². The largest absolute Gasteiger partial charge is 0.451 e. The van der Waals surface area contributed by atoms with Crippen LogP contribution in [0.3, 0.4) is 0 Å². The SMILES string of the molecule is C/C=C(F)\C(F)=C/C(C)N1CCn2c(nnc2C(F)(F)F)C1. The maximum Gasteiger partial charge on any atom is 0.451 e. The van der Waals surface area contributed by atoms with Crippen LogP contribution in [0.5, 0.6) is 0 Å². The monoisotopic (exact) mass is 322 g/mol. The summed E-state index contributed by atoms with van der Waals surface area (Å²) in [6.45, 7) is 3.40. The highest BCUT2D eigenvalue weighted by atomic mass is 19.4. The fraction of sp³-hybridized carbons (Fsp3) is 0.538. The van der Waals surface area contributed by atoms with Crippen molar-refractivity contribution in [1.29, 1.82) is 0 Å². The lowest BCUT2D eigenvalue weighted by Gasteiger charge is -2.31. The van der Waals surface area contributed by atoms with E-state index in [1.54, 1.807) is 11.8 Å². The maximum absolute atomic E-state index is 13.5. The minimum atomic E-state index is -4.56. The van der Waals surface area contributed by atoms with E-state index in [9.17, 15) is 22.0 Å². The van der Waals surface area contributed by atoms with Crippen molar-refractivity contribution in [3.63, 3.8) is 0 Å². The Kier molecular flexibility index (Phi) is 4.64. The lowest BCUT2D eigenvalue weighted by molar-refractivity contribution is -0.148. The molecule has 2 heterocycles. The summed E-state index contributed by atoms with van der Waals surface area (Å²) >= 11 is 0. The van der Waals surface area contributed by atoms with E-state index >= 15 is 0 Å². The molecule has 9 heteroatoms. The van der Waals surface area contributed by atoms with Gasteiger partial charge in [-0.25, -0.2) is 8.78 Å². The Morgan fingerprint density at radius 2 is 1.86 bits per heavy atom. The number of alkyl halides is 3. The Balaban J connectivity index is 2.15. The van der Waals surface area contributed by atoms with Crippen molar-refractivity contribution in [2.75, 3.05) is 6.54 Å². The van der Waals surface area contributed by atoms with Crippen LogP contribution in [0.2, 0.25) is 0 Å². The molecule has 1 aliphatic heterocycles. The van der Waals surface area contributed by atoms with Crippen LogP contribution in [0.1, 0.15) is 25.5 Å². The van der Waals surface area contributed by atoms with Crippen molar-refractivity contribution in [2.45, 2.75) is 39.2 Å². The first kappa shape index (κ1) is 16.6. The molecule has 0 amide bonds. The molecule has 4 nitrogen and oxygen atoms in total. The maximum atomic E-state index is 13.5. The number of rotatable bonds is 3. The molecule has 1 aromatic heterocycles. The van der Waals surface area contributed by atoms with Gasteiger partial charge in [-0.15, -0.1) is 10.2 Å². The number of nitrogens with zero attached hydrogens (tertiary/aromatic N) is 4. The van der Waals surface area contributed by atoms with E-state index in [1.165, 1.54) is 6.92 Å². The lowest BCUT2D eigenvalue weighted by atomic mass is 10.2. The average Bonchev–Trinajstić information content (AvgIpc) is 2.89. The normalized spacial score (nSPS) is 19.2. The molecule has 2 rings (SSSR count). The smallest absolute Gasteiger partial charge is 0.305 e. The van der Waals surface area contributed by atoms with Crippen LogP contribution in [0.4, 0.5) is 22.0 Å². The molecule has 1 unspecified atom stereocenters. The molecule has 0 fully saturated rings. The molecule has 0 N–H and O–H groups in total. The van der Waals surface area contributed by atoms with Crippen molar-refractivity contribution in [2.24, 2.45) is 0 Å². The fourth-order valence-electron chi connectivity index (χ4n) is 2.27. The van der Waals surface area contributed by atoms with Gasteiger partial charge in [0.2, 0.25) is 5.82 Å². The summed E-state index contributed by atoms with van der Waals surface area (Å²) in [6.07, 6.45) is -2.47. The molecule has 0 saturated carbocycles. The van der Waals surface area contributed by atoms with Crippen molar-refractivity contribution >= 4 is 0 Å². The summed E-state index contributed by atoms with van der Waals surface area (Å²) < 4.78 is 65.7. The quantitative estimate of drug-likeness (QED) is 0.633. The highest BCUT2D eigenvalue weighted by molar-refractivity contribution is 5.19. The van der Waals surface area contributed by atoms with Crippen LogP contribution in [0, 0.1) is 0 Å². The van der Waals surface area contributed by atoms with Crippen molar-refractivity contribution in [3.05, 3.63) is 35.5 Å². The minimum absolute atomic E-state index is 0.0447. The number of allylic oxidation sites excluding steroid dienone is 3. The lowest BCUT2D eigenvalue weighted by Crippen LogP contribution is -2.40. The van der Waals surface area contributed by atoms with Crippen LogP contribution in [0.15, 0.2) is 23.8 Å². The molecule has 1 atom stereocenters. The predicted octanol–water partition coefficient (Wildman–Crippen LogP) is 3.23. The highest BCUT2D eigenvalue weighted by Crippen LogP contribution is 2.29. The van der Waals surface area contributed by atoms with E-state index in [-0.39, 0.29) is 25.5 Å². The average molecular weight is 322 g/mol. The van der Waals surface area contributed by atoms with E-state index < -0.39 is 29.7 Å².